The van der Waals surface area contributed by atoms with Gasteiger partial charge in [0.2, 0.25) is 5.91 Å². The topological polar surface area (TPSA) is 52.9 Å². The Morgan fingerprint density at radius 1 is 1.38 bits per heavy atom. The number of amides is 1. The molecule has 0 heterocycles. The fourth-order valence-corrected chi connectivity index (χ4v) is 1.86. The van der Waals surface area contributed by atoms with Gasteiger partial charge in [-0.3, -0.25) is 4.79 Å². The van der Waals surface area contributed by atoms with Crippen molar-refractivity contribution in [3.8, 4) is 0 Å². The molecule has 1 radical (unpaired) electrons. The minimum absolute atomic E-state index is 0.0371. The van der Waals surface area contributed by atoms with Crippen LogP contribution in [0.5, 0.6) is 0 Å². The summed E-state index contributed by atoms with van der Waals surface area (Å²) in [5.41, 5.74) is 7.24. The number of carbonyl (C=O) groups excluding carboxylic acids is 1. The number of rotatable bonds is 2. The van der Waals surface area contributed by atoms with Crippen molar-refractivity contribution in [2.45, 2.75) is 57.5 Å². The van der Waals surface area contributed by atoms with E-state index in [9.17, 15) is 4.79 Å². The highest BCUT2D eigenvalue weighted by Gasteiger charge is 2.28. The molecule has 1 aliphatic rings. The van der Waals surface area contributed by atoms with E-state index in [0.29, 0.717) is 0 Å². The molecule has 0 aromatic carbocycles. The van der Waals surface area contributed by atoms with Crippen LogP contribution in [0.1, 0.15) is 46.0 Å². The first kappa shape index (κ1) is 10.5. The molecule has 1 saturated carbocycles. The molecule has 1 rings (SSSR count). The molecule has 0 saturated heterocycles. The van der Waals surface area contributed by atoms with Gasteiger partial charge in [-0.1, -0.05) is 19.3 Å². The van der Waals surface area contributed by atoms with Crippen LogP contribution in [0.15, 0.2) is 0 Å². The van der Waals surface area contributed by atoms with Crippen molar-refractivity contribution in [1.29, 1.82) is 0 Å². The van der Waals surface area contributed by atoms with Gasteiger partial charge in [0.05, 0.1) is 6.04 Å². The molecule has 3 heteroatoms. The molecule has 0 aliphatic heterocycles. The lowest BCUT2D eigenvalue weighted by Gasteiger charge is -2.35. The zero-order chi connectivity index (χ0) is 9.90. The monoisotopic (exact) mass is 183 g/mol. The van der Waals surface area contributed by atoms with E-state index in [0.717, 1.165) is 12.8 Å². The lowest BCUT2D eigenvalue weighted by molar-refractivity contribution is -0.124. The minimum Gasteiger partial charge on any atom is -0.350 e. The van der Waals surface area contributed by atoms with Crippen molar-refractivity contribution in [1.82, 2.24) is 11.1 Å². The highest BCUT2D eigenvalue weighted by Crippen LogP contribution is 2.27. The Balaban J connectivity index is 2.45. The Hall–Kier alpha value is -0.570. The van der Waals surface area contributed by atoms with Crippen molar-refractivity contribution >= 4 is 5.91 Å². The molecule has 1 amide bonds. The second-order valence-electron chi connectivity index (χ2n) is 4.33. The first-order valence-corrected chi connectivity index (χ1v) is 5.07. The smallest absolute Gasteiger partial charge is 0.238 e. The molecule has 0 spiro atoms. The average molecular weight is 183 g/mol. The Labute approximate surface area is 80.1 Å². The van der Waals surface area contributed by atoms with Gasteiger partial charge in [-0.15, -0.1) is 0 Å². The molecule has 13 heavy (non-hydrogen) atoms. The summed E-state index contributed by atoms with van der Waals surface area (Å²) in [6, 6.07) is -0.640. The summed E-state index contributed by atoms with van der Waals surface area (Å²) in [5.74, 6) is -0.135. The maximum Gasteiger partial charge on any atom is 0.238 e. The van der Waals surface area contributed by atoms with Crippen LogP contribution in [0, 0.1) is 0 Å². The van der Waals surface area contributed by atoms with E-state index in [1.54, 1.807) is 6.92 Å². The van der Waals surface area contributed by atoms with Gasteiger partial charge in [-0.25, -0.2) is 5.73 Å². The van der Waals surface area contributed by atoms with E-state index in [1.165, 1.54) is 19.3 Å². The second kappa shape index (κ2) is 4.09. The van der Waals surface area contributed by atoms with Gasteiger partial charge in [0, 0.05) is 5.54 Å². The summed E-state index contributed by atoms with van der Waals surface area (Å²) in [5, 5.41) is 2.97. The molecule has 0 aromatic rings. The molecular formula is C10H19N2O. The number of hydrogen-bond donors (Lipinski definition) is 1. The van der Waals surface area contributed by atoms with Crippen LogP contribution < -0.4 is 11.1 Å². The quantitative estimate of drug-likeness (QED) is 0.693. The number of hydrogen-bond acceptors (Lipinski definition) is 1. The Morgan fingerprint density at radius 2 is 1.92 bits per heavy atom. The van der Waals surface area contributed by atoms with Crippen LogP contribution in [-0.4, -0.2) is 17.5 Å². The van der Waals surface area contributed by atoms with Gasteiger partial charge in [0.15, 0.2) is 0 Å². The molecule has 75 valence electrons. The fraction of sp³-hybridized carbons (Fsp3) is 0.900. The molecule has 1 unspecified atom stereocenters. The zero-order valence-electron chi connectivity index (χ0n) is 8.52. The summed E-state index contributed by atoms with van der Waals surface area (Å²) in [6.07, 6.45) is 5.80. The van der Waals surface area contributed by atoms with E-state index >= 15 is 0 Å². The van der Waals surface area contributed by atoms with Gasteiger partial charge in [-0.05, 0) is 26.7 Å². The van der Waals surface area contributed by atoms with Crippen molar-refractivity contribution in [2.75, 3.05) is 0 Å². The van der Waals surface area contributed by atoms with Crippen molar-refractivity contribution in [3.05, 3.63) is 0 Å². The molecule has 1 fully saturated rings. The lowest BCUT2D eigenvalue weighted by atomic mass is 9.83. The fourth-order valence-electron chi connectivity index (χ4n) is 1.86. The SMILES string of the molecule is CC([NH])C(=O)NC1(C)CCCCC1. The summed E-state index contributed by atoms with van der Waals surface area (Å²) in [4.78, 5) is 11.3. The molecule has 2 N–H and O–H groups in total. The highest BCUT2D eigenvalue weighted by molar-refractivity contribution is 5.81. The summed E-state index contributed by atoms with van der Waals surface area (Å²) in [7, 11) is 0. The van der Waals surface area contributed by atoms with E-state index in [2.05, 4.69) is 12.2 Å². The van der Waals surface area contributed by atoms with Crippen molar-refractivity contribution in [2.24, 2.45) is 0 Å². The second-order valence-corrected chi connectivity index (χ2v) is 4.33. The molecular weight excluding hydrogens is 164 g/mol. The average Bonchev–Trinajstić information content (AvgIpc) is 2.04. The molecule has 0 bridgehead atoms. The van der Waals surface area contributed by atoms with Gasteiger partial charge >= 0.3 is 0 Å². The maximum absolute atomic E-state index is 11.3. The predicted octanol–water partition coefficient (Wildman–Crippen LogP) is 1.50. The van der Waals surface area contributed by atoms with E-state index < -0.39 is 6.04 Å². The molecule has 1 aliphatic carbocycles. The van der Waals surface area contributed by atoms with Crippen LogP contribution in [0.25, 0.3) is 0 Å². The minimum atomic E-state index is -0.640. The third kappa shape index (κ3) is 2.99. The molecule has 0 aromatic heterocycles. The van der Waals surface area contributed by atoms with Crippen LogP contribution in [-0.2, 0) is 4.79 Å². The number of carbonyl (C=O) groups is 1. The summed E-state index contributed by atoms with van der Waals surface area (Å²) < 4.78 is 0. The van der Waals surface area contributed by atoms with Crippen molar-refractivity contribution in [3.63, 3.8) is 0 Å². The molecule has 3 nitrogen and oxygen atoms in total. The zero-order valence-corrected chi connectivity index (χ0v) is 8.52. The van der Waals surface area contributed by atoms with Crippen LogP contribution in [0.4, 0.5) is 0 Å². The van der Waals surface area contributed by atoms with E-state index in [1.807, 2.05) is 0 Å². The first-order valence-electron chi connectivity index (χ1n) is 5.07. The standard InChI is InChI=1S/C10H19N2O/c1-8(11)9(13)12-10(2)6-4-3-5-7-10/h8,11H,3-7H2,1-2H3,(H,12,13). The largest absolute Gasteiger partial charge is 0.350 e. The number of nitrogens with one attached hydrogen (secondary N) is 2. The predicted molar refractivity (Wildman–Crippen MR) is 52.2 cm³/mol. The third-order valence-corrected chi connectivity index (χ3v) is 2.78. The van der Waals surface area contributed by atoms with Crippen LogP contribution >= 0.6 is 0 Å². The van der Waals surface area contributed by atoms with E-state index in [-0.39, 0.29) is 11.4 Å². The summed E-state index contributed by atoms with van der Waals surface area (Å²) >= 11 is 0. The van der Waals surface area contributed by atoms with Gasteiger partial charge in [0.1, 0.15) is 0 Å². The van der Waals surface area contributed by atoms with E-state index in [4.69, 9.17) is 5.73 Å². The van der Waals surface area contributed by atoms with Crippen molar-refractivity contribution < 1.29 is 4.79 Å². The Kier molecular flexibility index (Phi) is 3.31. The van der Waals surface area contributed by atoms with Gasteiger partial charge in [0.25, 0.3) is 0 Å². The lowest BCUT2D eigenvalue weighted by Crippen LogP contribution is -2.50. The van der Waals surface area contributed by atoms with Gasteiger partial charge in [-0.2, -0.15) is 0 Å². The van der Waals surface area contributed by atoms with Gasteiger partial charge < -0.3 is 5.32 Å². The van der Waals surface area contributed by atoms with Crippen LogP contribution in [0.2, 0.25) is 0 Å². The Bertz CT molecular complexity index is 183. The summed E-state index contributed by atoms with van der Waals surface area (Å²) in [6.45, 7) is 3.70. The first-order chi connectivity index (χ1) is 6.03. The Morgan fingerprint density at radius 3 is 2.38 bits per heavy atom. The molecule has 1 atom stereocenters. The highest BCUT2D eigenvalue weighted by atomic mass is 16.2. The van der Waals surface area contributed by atoms with Crippen LogP contribution in [0.3, 0.4) is 0 Å². The maximum atomic E-state index is 11.3. The normalized spacial score (nSPS) is 23.6. The third-order valence-electron chi connectivity index (χ3n) is 2.78.